The molecule has 5 heterocycles. The van der Waals surface area contributed by atoms with Crippen molar-refractivity contribution in [2.75, 3.05) is 13.1 Å². The molecule has 1 N–H and O–H groups in total. The van der Waals surface area contributed by atoms with Crippen LogP contribution in [0.4, 0.5) is 0 Å². The minimum absolute atomic E-state index is 0.0854. The second-order valence-electron chi connectivity index (χ2n) is 7.28. The van der Waals surface area contributed by atoms with Crippen molar-refractivity contribution in [3.8, 4) is 0 Å². The molecule has 128 valence electrons. The number of pyridine rings is 1. The summed E-state index contributed by atoms with van der Waals surface area (Å²) in [6.45, 7) is 4.53. The Kier molecular flexibility index (Phi) is 3.31. The van der Waals surface area contributed by atoms with Crippen LogP contribution in [-0.4, -0.2) is 41.0 Å². The molecule has 3 saturated heterocycles. The van der Waals surface area contributed by atoms with Gasteiger partial charge in [0.05, 0.1) is 6.20 Å². The molecule has 0 radical (unpaired) electrons. The third-order valence-corrected chi connectivity index (χ3v) is 5.97. The third-order valence-electron chi connectivity index (χ3n) is 5.97. The summed E-state index contributed by atoms with van der Waals surface area (Å²) in [6.07, 6.45) is 4.01. The maximum absolute atomic E-state index is 12.8. The van der Waals surface area contributed by atoms with E-state index in [-0.39, 0.29) is 11.9 Å². The Morgan fingerprint density at radius 3 is 2.80 bits per heavy atom. The van der Waals surface area contributed by atoms with E-state index in [9.17, 15) is 4.79 Å². The van der Waals surface area contributed by atoms with Gasteiger partial charge in [-0.2, -0.15) is 0 Å². The van der Waals surface area contributed by atoms with Gasteiger partial charge in [-0.05, 0) is 50.9 Å². The third kappa shape index (κ3) is 2.34. The molecule has 2 aromatic heterocycles. The summed E-state index contributed by atoms with van der Waals surface area (Å²) in [6, 6.07) is 10.3. The minimum atomic E-state index is -0.0854. The van der Waals surface area contributed by atoms with E-state index < -0.39 is 0 Å². The average Bonchev–Trinajstić information content (AvgIpc) is 3.03. The quantitative estimate of drug-likeness (QED) is 0.781. The summed E-state index contributed by atoms with van der Waals surface area (Å²) >= 11 is 0. The van der Waals surface area contributed by atoms with Gasteiger partial charge in [-0.1, -0.05) is 18.2 Å². The molecule has 0 spiro atoms. The zero-order valence-corrected chi connectivity index (χ0v) is 14.2. The van der Waals surface area contributed by atoms with Crippen LogP contribution in [0, 0.1) is 5.92 Å². The Morgan fingerprint density at radius 1 is 1.20 bits per heavy atom. The smallest absolute Gasteiger partial charge is 0.270 e. The highest BCUT2D eigenvalue weighted by Crippen LogP contribution is 2.32. The predicted octanol–water partition coefficient (Wildman–Crippen LogP) is 3.19. The zero-order valence-electron chi connectivity index (χ0n) is 14.2. The maximum atomic E-state index is 12.8. The van der Waals surface area contributed by atoms with E-state index in [0.29, 0.717) is 23.2 Å². The van der Waals surface area contributed by atoms with E-state index in [1.165, 1.54) is 12.8 Å². The molecule has 1 aromatic carbocycles. The number of fused-ring (bicyclic) bond motifs is 6. The van der Waals surface area contributed by atoms with Crippen LogP contribution in [0.5, 0.6) is 0 Å². The summed E-state index contributed by atoms with van der Waals surface area (Å²) in [5, 5.41) is 5.21. The fraction of sp³-hybridized carbons (Fsp3) is 0.400. The molecule has 1 amide bonds. The number of para-hydroxylation sites is 1. The number of carbonyl (C=O) groups is 1. The molecule has 5 nitrogen and oxygen atoms in total. The van der Waals surface area contributed by atoms with Gasteiger partial charge in [0.15, 0.2) is 5.58 Å². The van der Waals surface area contributed by atoms with Crippen molar-refractivity contribution in [3.63, 3.8) is 0 Å². The Balaban J connectivity index is 1.46. The number of hydrogen-bond donors (Lipinski definition) is 1. The molecule has 0 unspecified atom stereocenters. The van der Waals surface area contributed by atoms with Crippen molar-refractivity contribution in [3.05, 3.63) is 42.2 Å². The first-order valence-corrected chi connectivity index (χ1v) is 9.03. The predicted molar refractivity (Wildman–Crippen MR) is 96.5 cm³/mol. The van der Waals surface area contributed by atoms with Gasteiger partial charge in [0.25, 0.3) is 5.91 Å². The van der Waals surface area contributed by atoms with Crippen molar-refractivity contribution >= 4 is 27.8 Å². The molecule has 3 aromatic rings. The standard InChI is InChI=1S/C20H21N3O2/c1-12-19(13-6-8-23(12)9-7-13)22-20(24)16-10-15-14-4-2-3-5-17(14)25-18(15)11-21-16/h2-5,10-13,19H,6-9H2,1H3,(H,22,24)/t12-,19-/m0/s1. The van der Waals surface area contributed by atoms with Crippen molar-refractivity contribution < 1.29 is 9.21 Å². The Morgan fingerprint density at radius 2 is 2.00 bits per heavy atom. The van der Waals surface area contributed by atoms with Gasteiger partial charge in [-0.3, -0.25) is 9.69 Å². The molecule has 25 heavy (non-hydrogen) atoms. The number of furan rings is 1. The molecular formula is C20H21N3O2. The number of amides is 1. The molecule has 2 bridgehead atoms. The summed E-state index contributed by atoms with van der Waals surface area (Å²) < 4.78 is 5.79. The fourth-order valence-electron chi connectivity index (χ4n) is 4.53. The molecular weight excluding hydrogens is 314 g/mol. The molecule has 3 aliphatic rings. The largest absolute Gasteiger partial charge is 0.454 e. The average molecular weight is 335 g/mol. The highest BCUT2D eigenvalue weighted by Gasteiger charge is 2.40. The first-order chi connectivity index (χ1) is 12.2. The van der Waals surface area contributed by atoms with Crippen LogP contribution in [0.15, 0.2) is 40.9 Å². The summed E-state index contributed by atoms with van der Waals surface area (Å²) in [5.41, 5.74) is 2.00. The Bertz CT molecular complexity index is 954. The van der Waals surface area contributed by atoms with Crippen LogP contribution >= 0.6 is 0 Å². The van der Waals surface area contributed by atoms with E-state index in [1.54, 1.807) is 6.20 Å². The van der Waals surface area contributed by atoms with E-state index in [4.69, 9.17) is 4.42 Å². The van der Waals surface area contributed by atoms with Gasteiger partial charge in [-0.15, -0.1) is 0 Å². The van der Waals surface area contributed by atoms with Gasteiger partial charge in [0.1, 0.15) is 11.3 Å². The van der Waals surface area contributed by atoms with Crippen LogP contribution in [0.25, 0.3) is 21.9 Å². The van der Waals surface area contributed by atoms with Crippen LogP contribution in [0.2, 0.25) is 0 Å². The summed E-state index contributed by atoms with van der Waals surface area (Å²) in [4.78, 5) is 19.6. The van der Waals surface area contributed by atoms with Crippen molar-refractivity contribution in [2.45, 2.75) is 31.8 Å². The Labute approximate surface area is 146 Å². The summed E-state index contributed by atoms with van der Waals surface area (Å²) in [7, 11) is 0. The van der Waals surface area contributed by atoms with Gasteiger partial charge >= 0.3 is 0 Å². The monoisotopic (exact) mass is 335 g/mol. The maximum Gasteiger partial charge on any atom is 0.270 e. The molecule has 0 aliphatic carbocycles. The van der Waals surface area contributed by atoms with Crippen LogP contribution in [-0.2, 0) is 0 Å². The number of hydrogen-bond acceptors (Lipinski definition) is 4. The van der Waals surface area contributed by atoms with Gasteiger partial charge in [0, 0.05) is 22.9 Å². The molecule has 3 fully saturated rings. The number of piperidine rings is 3. The first-order valence-electron chi connectivity index (χ1n) is 9.03. The Hall–Kier alpha value is -2.40. The number of benzene rings is 1. The highest BCUT2D eigenvalue weighted by molar-refractivity contribution is 6.07. The molecule has 6 rings (SSSR count). The SMILES string of the molecule is C[C@H]1[C@H](NC(=O)c2cc3c(cn2)oc2ccccc23)C2CCN1CC2. The van der Waals surface area contributed by atoms with Crippen molar-refractivity contribution in [1.82, 2.24) is 15.2 Å². The lowest BCUT2D eigenvalue weighted by molar-refractivity contribution is 0.0216. The van der Waals surface area contributed by atoms with Gasteiger partial charge < -0.3 is 9.73 Å². The number of carbonyl (C=O) groups excluding carboxylic acids is 1. The van der Waals surface area contributed by atoms with Crippen molar-refractivity contribution in [1.29, 1.82) is 0 Å². The van der Waals surface area contributed by atoms with E-state index >= 15 is 0 Å². The molecule has 5 heteroatoms. The normalized spacial score (nSPS) is 28.5. The lowest BCUT2D eigenvalue weighted by Gasteiger charge is -2.49. The molecule has 0 saturated carbocycles. The highest BCUT2D eigenvalue weighted by atomic mass is 16.3. The van der Waals surface area contributed by atoms with Crippen molar-refractivity contribution in [2.24, 2.45) is 5.92 Å². The van der Waals surface area contributed by atoms with Crippen LogP contribution < -0.4 is 5.32 Å². The number of aromatic nitrogens is 1. The second-order valence-corrected chi connectivity index (χ2v) is 7.28. The summed E-state index contributed by atoms with van der Waals surface area (Å²) in [5.74, 6) is 0.500. The lowest BCUT2D eigenvalue weighted by Crippen LogP contribution is -2.62. The van der Waals surface area contributed by atoms with Gasteiger partial charge in [0.2, 0.25) is 0 Å². The van der Waals surface area contributed by atoms with E-state index in [0.717, 1.165) is 29.4 Å². The number of nitrogens with zero attached hydrogens (tertiary/aromatic N) is 2. The molecule has 2 atom stereocenters. The molecule has 3 aliphatic heterocycles. The fourth-order valence-corrected chi connectivity index (χ4v) is 4.53. The topological polar surface area (TPSA) is 58.4 Å². The van der Waals surface area contributed by atoms with Crippen LogP contribution in [0.1, 0.15) is 30.3 Å². The van der Waals surface area contributed by atoms with Crippen LogP contribution in [0.3, 0.4) is 0 Å². The van der Waals surface area contributed by atoms with E-state index in [1.807, 2.05) is 30.3 Å². The minimum Gasteiger partial charge on any atom is -0.454 e. The number of rotatable bonds is 2. The number of nitrogens with one attached hydrogen (secondary N) is 1. The zero-order chi connectivity index (χ0) is 17.0. The lowest BCUT2D eigenvalue weighted by atomic mass is 9.79. The van der Waals surface area contributed by atoms with Gasteiger partial charge in [-0.25, -0.2) is 4.98 Å². The first kappa shape index (κ1) is 14.9. The van der Waals surface area contributed by atoms with E-state index in [2.05, 4.69) is 22.1 Å². The second kappa shape index (κ2) is 5.56.